The quantitative estimate of drug-likeness (QED) is 0.615. The highest BCUT2D eigenvalue weighted by molar-refractivity contribution is 6.39. The number of H-pyrrole nitrogens is 1. The fraction of sp³-hybridized carbons (Fsp3) is 0. The van der Waals surface area contributed by atoms with Gasteiger partial charge in [-0.25, -0.2) is 5.10 Å². The van der Waals surface area contributed by atoms with Crippen molar-refractivity contribution in [1.82, 2.24) is 15.2 Å². The van der Waals surface area contributed by atoms with Gasteiger partial charge in [0.15, 0.2) is 0 Å². The van der Waals surface area contributed by atoms with E-state index in [0.717, 1.165) is 0 Å². The van der Waals surface area contributed by atoms with Gasteiger partial charge in [-0.15, -0.1) is 5.10 Å². The van der Waals surface area contributed by atoms with E-state index >= 15 is 0 Å². The van der Waals surface area contributed by atoms with Crippen LogP contribution in [0, 0.1) is 11.3 Å². The Labute approximate surface area is 152 Å². The lowest BCUT2D eigenvalue weighted by Gasteiger charge is -2.11. The molecular formula is C15H9Cl3N6. The summed E-state index contributed by atoms with van der Waals surface area (Å²) in [6.45, 7) is 0. The van der Waals surface area contributed by atoms with Gasteiger partial charge in [-0.1, -0.05) is 40.9 Å². The number of nitrogens with one attached hydrogen (secondary N) is 2. The molecule has 4 N–H and O–H groups in total. The average molecular weight is 380 g/mol. The molecule has 120 valence electrons. The maximum absolute atomic E-state index is 9.10. The summed E-state index contributed by atoms with van der Waals surface area (Å²) in [4.78, 5) is 3.94. The molecule has 0 aliphatic rings. The third-order valence-electron chi connectivity index (χ3n) is 3.18. The van der Waals surface area contributed by atoms with E-state index in [1.165, 1.54) is 0 Å². The predicted molar refractivity (Wildman–Crippen MR) is 95.7 cm³/mol. The number of halogens is 3. The van der Waals surface area contributed by atoms with Crippen LogP contribution in [0.15, 0.2) is 30.3 Å². The molecule has 0 unspecified atom stereocenters. The first-order valence-corrected chi connectivity index (χ1v) is 7.75. The Balaban J connectivity index is 2.00. The Morgan fingerprint density at radius 1 is 1.08 bits per heavy atom. The molecular weight excluding hydrogens is 371 g/mol. The summed E-state index contributed by atoms with van der Waals surface area (Å²) in [5.74, 6) is 0.488. The molecule has 0 radical (unpaired) electrons. The van der Waals surface area contributed by atoms with Gasteiger partial charge in [0.25, 0.3) is 0 Å². The number of benzene rings is 2. The molecule has 0 aliphatic heterocycles. The van der Waals surface area contributed by atoms with E-state index in [4.69, 9.17) is 45.8 Å². The molecule has 0 spiro atoms. The van der Waals surface area contributed by atoms with Crippen molar-refractivity contribution in [2.75, 3.05) is 11.1 Å². The minimum absolute atomic E-state index is 0.191. The van der Waals surface area contributed by atoms with Crippen molar-refractivity contribution in [3.63, 3.8) is 0 Å². The maximum Gasteiger partial charge on any atom is 0.248 e. The Hall–Kier alpha value is -2.46. The number of aromatic amines is 1. The van der Waals surface area contributed by atoms with Crippen LogP contribution in [0.4, 0.5) is 17.6 Å². The average Bonchev–Trinajstić information content (AvgIpc) is 2.93. The monoisotopic (exact) mass is 378 g/mol. The molecule has 1 aromatic heterocycles. The van der Waals surface area contributed by atoms with Crippen LogP contribution in [-0.2, 0) is 0 Å². The zero-order valence-corrected chi connectivity index (χ0v) is 14.2. The first kappa shape index (κ1) is 16.4. The summed E-state index contributed by atoms with van der Waals surface area (Å²) in [6, 6.07) is 10.4. The number of nitrogens with zero attached hydrogens (tertiary/aromatic N) is 3. The Bertz CT molecular complexity index is 937. The fourth-order valence-corrected chi connectivity index (χ4v) is 3.01. The zero-order valence-electron chi connectivity index (χ0n) is 11.9. The molecule has 3 aromatic rings. The maximum atomic E-state index is 9.10. The van der Waals surface area contributed by atoms with Crippen LogP contribution in [-0.4, -0.2) is 15.2 Å². The van der Waals surface area contributed by atoms with Crippen molar-refractivity contribution >= 4 is 52.4 Å². The summed E-state index contributed by atoms with van der Waals surface area (Å²) in [7, 11) is 0. The number of nitrogens with two attached hydrogens (primary N) is 1. The second-order valence-corrected chi connectivity index (χ2v) is 6.01. The van der Waals surface area contributed by atoms with Crippen molar-refractivity contribution in [2.24, 2.45) is 0 Å². The van der Waals surface area contributed by atoms with Crippen molar-refractivity contribution in [1.29, 1.82) is 5.26 Å². The molecule has 0 fully saturated rings. The second-order valence-electron chi connectivity index (χ2n) is 4.79. The molecule has 24 heavy (non-hydrogen) atoms. The van der Waals surface area contributed by atoms with Gasteiger partial charge in [-0.2, -0.15) is 10.2 Å². The topological polar surface area (TPSA) is 103 Å². The van der Waals surface area contributed by atoms with Crippen LogP contribution in [0.25, 0.3) is 11.1 Å². The third kappa shape index (κ3) is 3.24. The first-order chi connectivity index (χ1) is 11.5. The van der Waals surface area contributed by atoms with Gasteiger partial charge < -0.3 is 11.1 Å². The van der Waals surface area contributed by atoms with E-state index in [0.29, 0.717) is 43.4 Å². The Morgan fingerprint density at radius 3 is 2.38 bits per heavy atom. The van der Waals surface area contributed by atoms with Gasteiger partial charge >= 0.3 is 0 Å². The molecule has 2 aromatic carbocycles. The Kier molecular flexibility index (Phi) is 4.49. The third-order valence-corrected chi connectivity index (χ3v) is 4.10. The minimum Gasteiger partial charge on any atom is -0.368 e. The van der Waals surface area contributed by atoms with Gasteiger partial charge in [-0.3, -0.25) is 0 Å². The van der Waals surface area contributed by atoms with Crippen molar-refractivity contribution in [3.05, 3.63) is 51.0 Å². The van der Waals surface area contributed by atoms with Crippen molar-refractivity contribution in [2.45, 2.75) is 0 Å². The van der Waals surface area contributed by atoms with E-state index in [1.54, 1.807) is 30.3 Å². The highest BCUT2D eigenvalue weighted by Crippen LogP contribution is 2.38. The first-order valence-electron chi connectivity index (χ1n) is 6.62. The molecule has 9 heteroatoms. The molecule has 3 rings (SSSR count). The van der Waals surface area contributed by atoms with Crippen molar-refractivity contribution in [3.8, 4) is 17.2 Å². The molecule has 0 amide bonds. The van der Waals surface area contributed by atoms with Crippen LogP contribution < -0.4 is 11.1 Å². The highest BCUT2D eigenvalue weighted by Gasteiger charge is 2.13. The largest absolute Gasteiger partial charge is 0.368 e. The van der Waals surface area contributed by atoms with E-state index in [2.05, 4.69) is 20.5 Å². The van der Waals surface area contributed by atoms with Gasteiger partial charge in [0.2, 0.25) is 11.9 Å². The summed E-state index contributed by atoms with van der Waals surface area (Å²) in [5.41, 5.74) is 7.72. The SMILES string of the molecule is N#Cc1cc(-c2c(Cl)cc(Nc3n[nH]c(N)n3)cc2Cl)ccc1Cl. The number of nitrogen functional groups attached to an aromatic ring is 1. The fourth-order valence-electron chi connectivity index (χ4n) is 2.15. The standard InChI is InChI=1S/C15H9Cl3N6/c16-10-2-1-7(3-8(10)6-19)13-11(17)4-9(5-12(13)18)21-15-22-14(20)23-24-15/h1-5H,(H4,20,21,22,23,24). The molecule has 0 bridgehead atoms. The number of hydrogen-bond donors (Lipinski definition) is 3. The summed E-state index contributed by atoms with van der Waals surface area (Å²) in [5, 5.41) is 19.6. The highest BCUT2D eigenvalue weighted by atomic mass is 35.5. The second kappa shape index (κ2) is 6.57. The molecule has 0 saturated heterocycles. The van der Waals surface area contributed by atoms with Crippen LogP contribution in [0.5, 0.6) is 0 Å². The van der Waals surface area contributed by atoms with E-state index in [1.807, 2.05) is 6.07 Å². The van der Waals surface area contributed by atoms with Gasteiger partial charge in [0, 0.05) is 11.3 Å². The van der Waals surface area contributed by atoms with Gasteiger partial charge in [0.1, 0.15) is 6.07 Å². The van der Waals surface area contributed by atoms with E-state index < -0.39 is 0 Å². The van der Waals surface area contributed by atoms with E-state index in [-0.39, 0.29) is 5.95 Å². The van der Waals surface area contributed by atoms with Crippen LogP contribution in [0.1, 0.15) is 5.56 Å². The van der Waals surface area contributed by atoms with Crippen LogP contribution >= 0.6 is 34.8 Å². The predicted octanol–water partition coefficient (Wildman–Crippen LogP) is 4.63. The van der Waals surface area contributed by atoms with Gasteiger partial charge in [0.05, 0.1) is 20.6 Å². The Morgan fingerprint density at radius 2 is 1.79 bits per heavy atom. The minimum atomic E-state index is 0.191. The lowest BCUT2D eigenvalue weighted by Crippen LogP contribution is -1.94. The molecule has 6 nitrogen and oxygen atoms in total. The number of rotatable bonds is 3. The van der Waals surface area contributed by atoms with Crippen LogP contribution in [0.3, 0.4) is 0 Å². The summed E-state index contributed by atoms with van der Waals surface area (Å²) < 4.78 is 0. The lowest BCUT2D eigenvalue weighted by molar-refractivity contribution is 1.10. The lowest BCUT2D eigenvalue weighted by atomic mass is 10.0. The number of hydrogen-bond acceptors (Lipinski definition) is 5. The van der Waals surface area contributed by atoms with Crippen molar-refractivity contribution < 1.29 is 0 Å². The van der Waals surface area contributed by atoms with Gasteiger partial charge in [-0.05, 0) is 29.8 Å². The van der Waals surface area contributed by atoms with E-state index in [9.17, 15) is 0 Å². The smallest absolute Gasteiger partial charge is 0.248 e. The molecule has 0 saturated carbocycles. The summed E-state index contributed by atoms with van der Waals surface area (Å²) in [6.07, 6.45) is 0. The molecule has 0 atom stereocenters. The van der Waals surface area contributed by atoms with Crippen LogP contribution in [0.2, 0.25) is 15.1 Å². The summed E-state index contributed by atoms with van der Waals surface area (Å²) >= 11 is 18.7. The molecule has 1 heterocycles. The molecule has 0 aliphatic carbocycles. The number of aromatic nitrogens is 3. The normalized spacial score (nSPS) is 10.4. The number of anilines is 3. The number of nitriles is 1. The zero-order chi connectivity index (χ0) is 17.3.